The van der Waals surface area contributed by atoms with Gasteiger partial charge in [0, 0.05) is 23.8 Å². The summed E-state index contributed by atoms with van der Waals surface area (Å²) >= 11 is 11.9. The molecule has 0 radical (unpaired) electrons. The molecule has 5 rings (SSSR count). The molecule has 1 saturated heterocycles. The van der Waals surface area contributed by atoms with Gasteiger partial charge in [-0.1, -0.05) is 29.8 Å². The number of methoxy groups -OCH3 is 1. The second kappa shape index (κ2) is 8.84. The van der Waals surface area contributed by atoms with Gasteiger partial charge < -0.3 is 19.5 Å². The summed E-state index contributed by atoms with van der Waals surface area (Å²) in [6.07, 6.45) is 3.69. The third kappa shape index (κ3) is 3.83. The zero-order valence-electron chi connectivity index (χ0n) is 17.7. The number of aromatic nitrogens is 2. The largest absolute Gasteiger partial charge is 0.495 e. The summed E-state index contributed by atoms with van der Waals surface area (Å²) in [5, 5.41) is 4.07. The van der Waals surface area contributed by atoms with Crippen LogP contribution < -0.4 is 15.0 Å². The van der Waals surface area contributed by atoms with Crippen LogP contribution in [0.4, 0.5) is 10.1 Å². The summed E-state index contributed by atoms with van der Waals surface area (Å²) in [6, 6.07) is 21.7. The highest BCUT2D eigenvalue weighted by Crippen LogP contribution is 2.44. The Kier molecular flexibility index (Phi) is 5.74. The van der Waals surface area contributed by atoms with Gasteiger partial charge in [0.1, 0.15) is 17.6 Å². The summed E-state index contributed by atoms with van der Waals surface area (Å²) in [4.78, 5) is 6.64. The van der Waals surface area contributed by atoms with Crippen molar-refractivity contribution in [2.75, 3.05) is 12.0 Å². The van der Waals surface area contributed by atoms with Gasteiger partial charge >= 0.3 is 0 Å². The molecule has 4 aromatic rings. The predicted molar refractivity (Wildman–Crippen MR) is 132 cm³/mol. The Bertz CT molecular complexity index is 1310. The van der Waals surface area contributed by atoms with Crippen LogP contribution in [0.15, 0.2) is 85.2 Å². The number of ether oxygens (including phenoxy) is 1. The van der Waals surface area contributed by atoms with E-state index in [1.807, 2.05) is 70.3 Å². The first-order valence-electron chi connectivity index (χ1n) is 10.3. The average Bonchev–Trinajstić information content (AvgIpc) is 3.45. The fraction of sp³-hybridized carbons (Fsp3) is 0.120. The lowest BCUT2D eigenvalue weighted by Gasteiger charge is -2.30. The zero-order valence-corrected chi connectivity index (χ0v) is 19.2. The van der Waals surface area contributed by atoms with E-state index in [0.29, 0.717) is 10.9 Å². The molecular formula is C25H20ClFN4OS. The van der Waals surface area contributed by atoms with Gasteiger partial charge in [0.05, 0.1) is 29.6 Å². The molecule has 1 aliphatic rings. The molecule has 3 heterocycles. The van der Waals surface area contributed by atoms with Gasteiger partial charge in [0.2, 0.25) is 0 Å². The number of nitrogens with one attached hydrogen (secondary N) is 1. The Labute approximate surface area is 201 Å². The van der Waals surface area contributed by atoms with Crippen LogP contribution in [0.2, 0.25) is 5.02 Å². The van der Waals surface area contributed by atoms with Gasteiger partial charge in [0.15, 0.2) is 5.11 Å². The predicted octanol–water partition coefficient (Wildman–Crippen LogP) is 5.85. The van der Waals surface area contributed by atoms with E-state index in [-0.39, 0.29) is 17.1 Å². The normalized spacial score (nSPS) is 17.8. The van der Waals surface area contributed by atoms with Gasteiger partial charge in [0.25, 0.3) is 0 Å². The Morgan fingerprint density at radius 3 is 2.64 bits per heavy atom. The van der Waals surface area contributed by atoms with Gasteiger partial charge in [-0.2, -0.15) is 0 Å². The fourth-order valence-electron chi connectivity index (χ4n) is 4.25. The molecule has 33 heavy (non-hydrogen) atoms. The van der Waals surface area contributed by atoms with Crippen LogP contribution in [0, 0.1) is 5.82 Å². The summed E-state index contributed by atoms with van der Waals surface area (Å²) in [6.45, 7) is 0. The second-order valence-electron chi connectivity index (χ2n) is 7.57. The van der Waals surface area contributed by atoms with Crippen molar-refractivity contribution in [3.63, 3.8) is 0 Å². The highest BCUT2D eigenvalue weighted by atomic mass is 35.5. The molecule has 1 N–H and O–H groups in total. The molecule has 2 aromatic heterocycles. The summed E-state index contributed by atoms with van der Waals surface area (Å²) in [5.41, 5.74) is 3.38. The molecule has 0 aliphatic carbocycles. The molecule has 1 aliphatic heterocycles. The first kappa shape index (κ1) is 21.4. The van der Waals surface area contributed by atoms with Crippen molar-refractivity contribution < 1.29 is 9.13 Å². The average molecular weight is 479 g/mol. The molecule has 0 saturated carbocycles. The number of hydrogen-bond donors (Lipinski definition) is 1. The van der Waals surface area contributed by atoms with Crippen molar-refractivity contribution in [2.45, 2.75) is 12.1 Å². The maximum Gasteiger partial charge on any atom is 0.174 e. The van der Waals surface area contributed by atoms with Crippen LogP contribution in [0.1, 0.15) is 23.5 Å². The second-order valence-corrected chi connectivity index (χ2v) is 8.36. The third-order valence-electron chi connectivity index (χ3n) is 5.71. The van der Waals surface area contributed by atoms with Crippen molar-refractivity contribution in [1.82, 2.24) is 14.9 Å². The van der Waals surface area contributed by atoms with Gasteiger partial charge in [-0.05, 0) is 66.8 Å². The first-order valence-corrected chi connectivity index (χ1v) is 11.1. The SMILES string of the molecule is COc1ccccc1N1C(=S)N[C@@H](c2ccccn2)[C@@H]1c1cccn1-c1ccc(F)c(Cl)c1. The highest BCUT2D eigenvalue weighted by molar-refractivity contribution is 7.80. The number of rotatable bonds is 5. The molecule has 1 fully saturated rings. The first-order chi connectivity index (χ1) is 16.1. The Balaban J connectivity index is 1.69. The van der Waals surface area contributed by atoms with E-state index < -0.39 is 5.82 Å². The topological polar surface area (TPSA) is 42.3 Å². The summed E-state index contributed by atoms with van der Waals surface area (Å²) < 4.78 is 21.5. The monoisotopic (exact) mass is 478 g/mol. The fourth-order valence-corrected chi connectivity index (χ4v) is 4.76. The van der Waals surface area contributed by atoms with Crippen LogP contribution in [0.5, 0.6) is 5.75 Å². The van der Waals surface area contributed by atoms with E-state index >= 15 is 0 Å². The van der Waals surface area contributed by atoms with Crippen molar-refractivity contribution in [3.8, 4) is 11.4 Å². The minimum atomic E-state index is -0.458. The maximum atomic E-state index is 13.8. The van der Waals surface area contributed by atoms with Crippen LogP contribution in [-0.2, 0) is 0 Å². The Hall–Kier alpha value is -3.42. The zero-order chi connectivity index (χ0) is 22.9. The van der Waals surface area contributed by atoms with E-state index in [1.165, 1.54) is 6.07 Å². The number of pyridine rings is 1. The number of thiocarbonyl (C=S) groups is 1. The molecule has 2 atom stereocenters. The van der Waals surface area contributed by atoms with Gasteiger partial charge in [-0.25, -0.2) is 4.39 Å². The summed E-state index contributed by atoms with van der Waals surface area (Å²) in [7, 11) is 1.64. The number of para-hydroxylation sites is 2. The number of nitrogens with zero attached hydrogens (tertiary/aromatic N) is 3. The van der Waals surface area contributed by atoms with Crippen molar-refractivity contribution in [3.05, 3.63) is 107 Å². The van der Waals surface area contributed by atoms with Crippen LogP contribution >= 0.6 is 23.8 Å². The molecule has 166 valence electrons. The van der Waals surface area contributed by atoms with Crippen LogP contribution in [0.3, 0.4) is 0 Å². The van der Waals surface area contributed by atoms with E-state index in [4.69, 9.17) is 28.6 Å². The van der Waals surface area contributed by atoms with Crippen molar-refractivity contribution >= 4 is 34.6 Å². The third-order valence-corrected chi connectivity index (χ3v) is 6.31. The Morgan fingerprint density at radius 1 is 1.06 bits per heavy atom. The molecule has 0 spiro atoms. The van der Waals surface area contributed by atoms with Gasteiger partial charge in [-0.3, -0.25) is 4.98 Å². The highest BCUT2D eigenvalue weighted by Gasteiger charge is 2.43. The van der Waals surface area contributed by atoms with E-state index in [0.717, 1.165) is 22.8 Å². The molecule has 0 amide bonds. The minimum Gasteiger partial charge on any atom is -0.495 e. The smallest absolute Gasteiger partial charge is 0.174 e. The molecule has 5 nitrogen and oxygen atoms in total. The van der Waals surface area contributed by atoms with Gasteiger partial charge in [-0.15, -0.1) is 0 Å². The number of hydrogen-bond acceptors (Lipinski definition) is 3. The lowest BCUT2D eigenvalue weighted by atomic mass is 10.0. The lowest BCUT2D eigenvalue weighted by molar-refractivity contribution is 0.414. The van der Waals surface area contributed by atoms with E-state index in [2.05, 4.69) is 10.3 Å². The maximum absolute atomic E-state index is 13.8. The molecule has 0 bridgehead atoms. The molecular weight excluding hydrogens is 459 g/mol. The van der Waals surface area contributed by atoms with Crippen molar-refractivity contribution in [1.29, 1.82) is 0 Å². The number of anilines is 1. The number of halogens is 2. The lowest BCUT2D eigenvalue weighted by Crippen LogP contribution is -2.30. The molecule has 8 heteroatoms. The van der Waals surface area contributed by atoms with Crippen LogP contribution in [0.25, 0.3) is 5.69 Å². The molecule has 0 unspecified atom stereocenters. The van der Waals surface area contributed by atoms with E-state index in [1.54, 1.807) is 25.4 Å². The van der Waals surface area contributed by atoms with Crippen LogP contribution in [-0.4, -0.2) is 21.8 Å². The minimum absolute atomic E-state index is 0.0649. The Morgan fingerprint density at radius 2 is 1.88 bits per heavy atom. The standard InChI is InChI=1S/C25H20ClFN4OS/c1-32-22-10-3-2-8-20(22)31-24(23(29-25(31)33)19-7-4-5-13-28-19)21-9-6-14-30(21)16-11-12-18(27)17(26)15-16/h2-15,23-24H,1H3,(H,29,33)/t23-,24-/m0/s1. The number of benzene rings is 2. The van der Waals surface area contributed by atoms with Crippen molar-refractivity contribution in [2.24, 2.45) is 0 Å². The summed E-state index contributed by atoms with van der Waals surface area (Å²) in [5.74, 6) is 0.246. The quantitative estimate of drug-likeness (QED) is 0.364. The van der Waals surface area contributed by atoms with E-state index in [9.17, 15) is 4.39 Å². The molecule has 2 aromatic carbocycles.